The summed E-state index contributed by atoms with van der Waals surface area (Å²) in [6.45, 7) is -2.96. The van der Waals surface area contributed by atoms with E-state index in [1.54, 1.807) is 23.6 Å². The molecular weight excluding hydrogens is 340 g/mol. The van der Waals surface area contributed by atoms with Crippen LogP contribution in [0.1, 0.15) is 15.2 Å². The van der Waals surface area contributed by atoms with Crippen molar-refractivity contribution in [1.29, 1.82) is 0 Å². The van der Waals surface area contributed by atoms with Crippen LogP contribution in [0, 0.1) is 0 Å². The predicted molar refractivity (Wildman–Crippen MR) is 86.4 cm³/mol. The van der Waals surface area contributed by atoms with Gasteiger partial charge in [-0.25, -0.2) is 4.79 Å². The SMILES string of the molecule is COC(=O)c1sccc1NC(=O)/C=C/c1ccccc1OC(F)F. The van der Waals surface area contributed by atoms with E-state index in [0.717, 1.165) is 17.4 Å². The lowest BCUT2D eigenvalue weighted by Gasteiger charge is -2.07. The highest BCUT2D eigenvalue weighted by Gasteiger charge is 2.14. The van der Waals surface area contributed by atoms with E-state index < -0.39 is 18.5 Å². The quantitative estimate of drug-likeness (QED) is 0.634. The largest absolute Gasteiger partial charge is 0.465 e. The van der Waals surface area contributed by atoms with E-state index >= 15 is 0 Å². The Morgan fingerprint density at radius 3 is 2.71 bits per heavy atom. The van der Waals surface area contributed by atoms with Crippen molar-refractivity contribution in [1.82, 2.24) is 0 Å². The molecule has 0 saturated carbocycles. The minimum atomic E-state index is -2.96. The Bertz CT molecular complexity index is 758. The van der Waals surface area contributed by atoms with Gasteiger partial charge in [0.25, 0.3) is 0 Å². The van der Waals surface area contributed by atoms with Crippen molar-refractivity contribution in [3.8, 4) is 5.75 Å². The van der Waals surface area contributed by atoms with Crippen molar-refractivity contribution in [3.63, 3.8) is 0 Å². The van der Waals surface area contributed by atoms with Crippen LogP contribution in [0.3, 0.4) is 0 Å². The molecule has 24 heavy (non-hydrogen) atoms. The third-order valence-electron chi connectivity index (χ3n) is 2.84. The van der Waals surface area contributed by atoms with Gasteiger partial charge >= 0.3 is 12.6 Å². The second kappa shape index (κ2) is 8.21. The first-order valence-electron chi connectivity index (χ1n) is 6.70. The summed E-state index contributed by atoms with van der Waals surface area (Å²) >= 11 is 1.13. The lowest BCUT2D eigenvalue weighted by atomic mass is 10.2. The van der Waals surface area contributed by atoms with Gasteiger partial charge in [0.2, 0.25) is 5.91 Å². The summed E-state index contributed by atoms with van der Waals surface area (Å²) in [6.07, 6.45) is 2.50. The van der Waals surface area contributed by atoms with Crippen molar-refractivity contribution in [2.75, 3.05) is 12.4 Å². The van der Waals surface area contributed by atoms with Crippen molar-refractivity contribution in [3.05, 3.63) is 52.2 Å². The number of methoxy groups -OCH3 is 1. The summed E-state index contributed by atoms with van der Waals surface area (Å²) < 4.78 is 33.7. The molecule has 0 saturated heterocycles. The average molecular weight is 353 g/mol. The van der Waals surface area contributed by atoms with Crippen molar-refractivity contribution in [2.24, 2.45) is 0 Å². The Hall–Kier alpha value is -2.74. The summed E-state index contributed by atoms with van der Waals surface area (Å²) in [5.74, 6) is -1.12. The maximum atomic E-state index is 12.3. The van der Waals surface area contributed by atoms with Gasteiger partial charge in [0.05, 0.1) is 12.8 Å². The van der Waals surface area contributed by atoms with E-state index in [0.29, 0.717) is 11.3 Å². The van der Waals surface area contributed by atoms with Gasteiger partial charge in [-0.2, -0.15) is 8.78 Å². The first kappa shape index (κ1) is 17.6. The summed E-state index contributed by atoms with van der Waals surface area (Å²) in [7, 11) is 1.24. The van der Waals surface area contributed by atoms with Crippen LogP contribution >= 0.6 is 11.3 Å². The third-order valence-corrected chi connectivity index (χ3v) is 3.74. The van der Waals surface area contributed by atoms with Crippen molar-refractivity contribution < 1.29 is 27.8 Å². The average Bonchev–Trinajstić information content (AvgIpc) is 3.01. The number of nitrogens with one attached hydrogen (secondary N) is 1. The molecule has 2 aromatic rings. The van der Waals surface area contributed by atoms with Crippen LogP contribution in [-0.2, 0) is 9.53 Å². The van der Waals surface area contributed by atoms with Gasteiger partial charge in [-0.05, 0) is 23.6 Å². The molecular formula is C16H13F2NO4S. The number of para-hydroxylation sites is 1. The first-order chi connectivity index (χ1) is 11.5. The number of ether oxygens (including phenoxy) is 2. The highest BCUT2D eigenvalue weighted by Crippen LogP contribution is 2.24. The highest BCUT2D eigenvalue weighted by molar-refractivity contribution is 7.12. The second-order valence-electron chi connectivity index (χ2n) is 4.39. The zero-order valence-corrected chi connectivity index (χ0v) is 13.3. The molecule has 1 N–H and O–H groups in total. The summed E-state index contributed by atoms with van der Waals surface area (Å²) in [5.41, 5.74) is 0.644. The number of anilines is 1. The van der Waals surface area contributed by atoms with E-state index in [1.807, 2.05) is 0 Å². The van der Waals surface area contributed by atoms with Crippen LogP contribution in [0.5, 0.6) is 5.75 Å². The first-order valence-corrected chi connectivity index (χ1v) is 7.58. The van der Waals surface area contributed by atoms with Gasteiger partial charge in [0.15, 0.2) is 0 Å². The number of carbonyl (C=O) groups is 2. The van der Waals surface area contributed by atoms with Gasteiger partial charge in [-0.15, -0.1) is 11.3 Å². The number of benzene rings is 1. The summed E-state index contributed by atoms with van der Waals surface area (Å²) in [5, 5.41) is 4.17. The van der Waals surface area contributed by atoms with Crippen LogP contribution in [-0.4, -0.2) is 25.6 Å². The molecule has 0 radical (unpaired) electrons. The molecule has 8 heteroatoms. The fourth-order valence-corrected chi connectivity index (χ4v) is 2.59. The zero-order chi connectivity index (χ0) is 17.5. The number of amides is 1. The lowest BCUT2D eigenvalue weighted by molar-refractivity contribution is -0.111. The fourth-order valence-electron chi connectivity index (χ4n) is 1.82. The van der Waals surface area contributed by atoms with Crippen molar-refractivity contribution in [2.45, 2.75) is 6.61 Å². The zero-order valence-electron chi connectivity index (χ0n) is 12.5. The molecule has 0 spiro atoms. The maximum Gasteiger partial charge on any atom is 0.387 e. The minimum Gasteiger partial charge on any atom is -0.465 e. The van der Waals surface area contributed by atoms with Gasteiger partial charge in [-0.3, -0.25) is 4.79 Å². The number of hydrogen-bond acceptors (Lipinski definition) is 5. The molecule has 0 fully saturated rings. The molecule has 0 atom stereocenters. The van der Waals surface area contributed by atoms with E-state index in [1.165, 1.54) is 25.3 Å². The molecule has 1 aromatic heterocycles. The topological polar surface area (TPSA) is 64.6 Å². The highest BCUT2D eigenvalue weighted by atomic mass is 32.1. The van der Waals surface area contributed by atoms with Gasteiger partial charge in [0.1, 0.15) is 10.6 Å². The van der Waals surface area contributed by atoms with Crippen LogP contribution < -0.4 is 10.1 Å². The monoisotopic (exact) mass is 353 g/mol. The number of rotatable bonds is 6. The molecule has 2 rings (SSSR count). The standard InChI is InChI=1S/C16H13F2NO4S/c1-22-15(21)14-11(8-9-24-14)19-13(20)7-6-10-4-2-3-5-12(10)23-16(17)18/h2-9,16H,1H3,(H,19,20)/b7-6+. The molecule has 1 amide bonds. The molecule has 1 aromatic carbocycles. The number of carbonyl (C=O) groups excluding carboxylic acids is 2. The Kier molecular flexibility index (Phi) is 6.02. The molecule has 1 heterocycles. The van der Waals surface area contributed by atoms with Gasteiger partial charge < -0.3 is 14.8 Å². The van der Waals surface area contributed by atoms with E-state index in [-0.39, 0.29) is 10.6 Å². The molecule has 0 bridgehead atoms. The Morgan fingerprint density at radius 1 is 1.25 bits per heavy atom. The molecule has 0 aliphatic heterocycles. The smallest absolute Gasteiger partial charge is 0.387 e. The number of esters is 1. The predicted octanol–water partition coefficient (Wildman–Crippen LogP) is 3.79. The third kappa shape index (κ3) is 4.63. The minimum absolute atomic E-state index is 0.0395. The Morgan fingerprint density at radius 2 is 2.00 bits per heavy atom. The number of alkyl halides is 2. The number of hydrogen-bond donors (Lipinski definition) is 1. The van der Waals surface area contributed by atoms with Crippen molar-refractivity contribution >= 4 is 35.0 Å². The lowest BCUT2D eigenvalue weighted by Crippen LogP contribution is -2.11. The van der Waals surface area contributed by atoms with E-state index in [4.69, 9.17) is 0 Å². The van der Waals surface area contributed by atoms with Gasteiger partial charge in [0, 0.05) is 11.6 Å². The molecule has 0 unspecified atom stereocenters. The molecule has 0 aliphatic carbocycles. The molecule has 0 aliphatic rings. The van der Waals surface area contributed by atoms with E-state index in [2.05, 4.69) is 14.8 Å². The van der Waals surface area contributed by atoms with E-state index in [9.17, 15) is 18.4 Å². The van der Waals surface area contributed by atoms with Crippen LogP contribution in [0.25, 0.3) is 6.08 Å². The van der Waals surface area contributed by atoms with Crippen LogP contribution in [0.2, 0.25) is 0 Å². The van der Waals surface area contributed by atoms with Crippen LogP contribution in [0.15, 0.2) is 41.8 Å². The molecule has 126 valence electrons. The summed E-state index contributed by atoms with van der Waals surface area (Å²) in [4.78, 5) is 23.7. The molecule has 5 nitrogen and oxygen atoms in total. The normalized spacial score (nSPS) is 10.8. The summed E-state index contributed by atoms with van der Waals surface area (Å²) in [6, 6.07) is 7.65. The van der Waals surface area contributed by atoms with Crippen LogP contribution in [0.4, 0.5) is 14.5 Å². The Labute approximate surface area is 140 Å². The fraction of sp³-hybridized carbons (Fsp3) is 0.125. The Balaban J connectivity index is 2.09. The number of thiophene rings is 1. The second-order valence-corrected chi connectivity index (χ2v) is 5.31. The van der Waals surface area contributed by atoms with Gasteiger partial charge in [-0.1, -0.05) is 18.2 Å². The number of halogens is 2. The maximum absolute atomic E-state index is 12.3.